The van der Waals surface area contributed by atoms with Gasteiger partial charge in [-0.1, -0.05) is 18.2 Å². The molecule has 0 fully saturated rings. The van der Waals surface area contributed by atoms with Gasteiger partial charge in [0.25, 0.3) is 5.91 Å². The highest BCUT2D eigenvalue weighted by molar-refractivity contribution is 7.20. The van der Waals surface area contributed by atoms with Crippen molar-refractivity contribution >= 4 is 27.3 Å². The van der Waals surface area contributed by atoms with Crippen molar-refractivity contribution in [3.05, 3.63) is 35.2 Å². The molecule has 1 aromatic heterocycles. The van der Waals surface area contributed by atoms with Gasteiger partial charge >= 0.3 is 0 Å². The maximum Gasteiger partial charge on any atom is 0.261 e. The zero-order chi connectivity index (χ0) is 12.1. The minimum Gasteiger partial charge on any atom is -0.385 e. The molecule has 0 atom stereocenters. The van der Waals surface area contributed by atoms with Gasteiger partial charge in [0.15, 0.2) is 0 Å². The fourth-order valence-electron chi connectivity index (χ4n) is 1.60. The first-order chi connectivity index (χ1) is 8.31. The number of fused-ring (bicyclic) bond motifs is 1. The van der Waals surface area contributed by atoms with Crippen molar-refractivity contribution in [2.75, 3.05) is 20.3 Å². The van der Waals surface area contributed by atoms with Gasteiger partial charge in [0.05, 0.1) is 4.88 Å². The Morgan fingerprint density at radius 1 is 1.41 bits per heavy atom. The molecule has 3 nitrogen and oxygen atoms in total. The smallest absolute Gasteiger partial charge is 0.261 e. The molecule has 2 aromatic rings. The molecule has 17 heavy (non-hydrogen) atoms. The summed E-state index contributed by atoms with van der Waals surface area (Å²) in [5.74, 6) is 0.00213. The summed E-state index contributed by atoms with van der Waals surface area (Å²) in [4.78, 5) is 12.6. The molecular formula is C13H15NO2S. The number of hydrogen-bond donors (Lipinski definition) is 1. The third kappa shape index (κ3) is 3.05. The van der Waals surface area contributed by atoms with Gasteiger partial charge in [0.1, 0.15) is 0 Å². The second kappa shape index (κ2) is 5.80. The van der Waals surface area contributed by atoms with Gasteiger partial charge in [-0.3, -0.25) is 4.79 Å². The molecule has 0 unspecified atom stereocenters. The number of rotatable bonds is 5. The first-order valence-corrected chi connectivity index (χ1v) is 6.38. The summed E-state index contributed by atoms with van der Waals surface area (Å²) in [6, 6.07) is 9.95. The summed E-state index contributed by atoms with van der Waals surface area (Å²) in [6.45, 7) is 1.33. The number of amides is 1. The highest BCUT2D eigenvalue weighted by Crippen LogP contribution is 2.24. The lowest BCUT2D eigenvalue weighted by Gasteiger charge is -2.02. The van der Waals surface area contributed by atoms with Gasteiger partial charge in [0, 0.05) is 25.0 Å². The molecule has 0 saturated carbocycles. The number of methoxy groups -OCH3 is 1. The molecule has 0 saturated heterocycles. The van der Waals surface area contributed by atoms with Crippen LogP contribution in [0, 0.1) is 0 Å². The predicted molar refractivity (Wildman–Crippen MR) is 70.7 cm³/mol. The molecule has 2 rings (SSSR count). The van der Waals surface area contributed by atoms with Crippen molar-refractivity contribution in [3.63, 3.8) is 0 Å². The average Bonchev–Trinajstić information content (AvgIpc) is 2.78. The second-order valence-electron chi connectivity index (χ2n) is 3.75. The van der Waals surface area contributed by atoms with Crippen LogP contribution in [0.2, 0.25) is 0 Å². The number of hydrogen-bond acceptors (Lipinski definition) is 3. The molecule has 0 spiro atoms. The van der Waals surface area contributed by atoms with Crippen LogP contribution in [0.4, 0.5) is 0 Å². The van der Waals surface area contributed by atoms with Crippen LogP contribution >= 0.6 is 11.3 Å². The third-order valence-electron chi connectivity index (χ3n) is 2.46. The molecule has 90 valence electrons. The Hall–Kier alpha value is -1.39. The van der Waals surface area contributed by atoms with E-state index in [9.17, 15) is 4.79 Å². The molecule has 0 aliphatic carbocycles. The third-order valence-corrected chi connectivity index (χ3v) is 3.57. The SMILES string of the molecule is COCCCNC(=O)c1cc2ccccc2s1. The Bertz CT molecular complexity index is 474. The Labute approximate surface area is 104 Å². The molecule has 0 bridgehead atoms. The van der Waals surface area contributed by atoms with Crippen molar-refractivity contribution in [1.29, 1.82) is 0 Å². The molecule has 1 heterocycles. The lowest BCUT2D eigenvalue weighted by molar-refractivity contribution is 0.0952. The molecule has 0 radical (unpaired) electrons. The van der Waals surface area contributed by atoms with Crippen LogP contribution in [0.25, 0.3) is 10.1 Å². The van der Waals surface area contributed by atoms with Gasteiger partial charge in [-0.25, -0.2) is 0 Å². The number of benzene rings is 1. The fraction of sp³-hybridized carbons (Fsp3) is 0.308. The summed E-state index contributed by atoms with van der Waals surface area (Å²) < 4.78 is 6.08. The molecule has 1 amide bonds. The minimum atomic E-state index is 0.00213. The molecule has 0 aliphatic heterocycles. The molecule has 0 aliphatic rings. The summed E-state index contributed by atoms with van der Waals surface area (Å²) in [6.07, 6.45) is 0.840. The van der Waals surface area contributed by atoms with Crippen LogP contribution < -0.4 is 5.32 Å². The van der Waals surface area contributed by atoms with E-state index in [-0.39, 0.29) is 5.91 Å². The van der Waals surface area contributed by atoms with Gasteiger partial charge < -0.3 is 10.1 Å². The quantitative estimate of drug-likeness (QED) is 0.827. The van der Waals surface area contributed by atoms with E-state index in [4.69, 9.17) is 4.74 Å². The van der Waals surface area contributed by atoms with Crippen LogP contribution in [0.5, 0.6) is 0 Å². The van der Waals surface area contributed by atoms with Crippen molar-refractivity contribution in [2.24, 2.45) is 0 Å². The zero-order valence-electron chi connectivity index (χ0n) is 9.73. The Kier molecular flexibility index (Phi) is 4.12. The minimum absolute atomic E-state index is 0.00213. The summed E-state index contributed by atoms with van der Waals surface area (Å²) >= 11 is 1.53. The number of thiophene rings is 1. The van der Waals surface area contributed by atoms with Gasteiger partial charge in [-0.15, -0.1) is 11.3 Å². The molecule has 1 N–H and O–H groups in total. The molecule has 1 aromatic carbocycles. The summed E-state index contributed by atoms with van der Waals surface area (Å²) in [5, 5.41) is 4.01. The zero-order valence-corrected chi connectivity index (χ0v) is 10.5. The van der Waals surface area contributed by atoms with Crippen molar-refractivity contribution in [2.45, 2.75) is 6.42 Å². The van der Waals surface area contributed by atoms with E-state index in [1.165, 1.54) is 11.3 Å². The number of ether oxygens (including phenoxy) is 1. The topological polar surface area (TPSA) is 38.3 Å². The van der Waals surface area contributed by atoms with E-state index in [0.717, 1.165) is 21.4 Å². The van der Waals surface area contributed by atoms with E-state index in [1.54, 1.807) is 7.11 Å². The first-order valence-electron chi connectivity index (χ1n) is 5.57. The Balaban J connectivity index is 1.99. The van der Waals surface area contributed by atoms with E-state index in [2.05, 4.69) is 5.32 Å². The normalized spacial score (nSPS) is 10.6. The van der Waals surface area contributed by atoms with Crippen LogP contribution in [0.3, 0.4) is 0 Å². The van der Waals surface area contributed by atoms with E-state index in [0.29, 0.717) is 13.2 Å². The van der Waals surface area contributed by atoms with Crippen LogP contribution in [-0.2, 0) is 4.74 Å². The van der Waals surface area contributed by atoms with E-state index >= 15 is 0 Å². The van der Waals surface area contributed by atoms with Crippen molar-refractivity contribution < 1.29 is 9.53 Å². The highest BCUT2D eigenvalue weighted by atomic mass is 32.1. The Morgan fingerprint density at radius 3 is 3.00 bits per heavy atom. The van der Waals surface area contributed by atoms with Crippen molar-refractivity contribution in [1.82, 2.24) is 5.32 Å². The standard InChI is InChI=1S/C13H15NO2S/c1-16-8-4-7-14-13(15)12-9-10-5-2-3-6-11(10)17-12/h2-3,5-6,9H,4,7-8H2,1H3,(H,14,15). The lowest BCUT2D eigenvalue weighted by atomic mass is 10.2. The second-order valence-corrected chi connectivity index (χ2v) is 4.83. The van der Waals surface area contributed by atoms with E-state index in [1.807, 2.05) is 30.3 Å². The highest BCUT2D eigenvalue weighted by Gasteiger charge is 2.08. The number of nitrogens with one attached hydrogen (secondary N) is 1. The number of carbonyl (C=O) groups is 1. The Morgan fingerprint density at radius 2 is 2.24 bits per heavy atom. The number of carbonyl (C=O) groups excluding carboxylic acids is 1. The first kappa shape index (κ1) is 12.1. The lowest BCUT2D eigenvalue weighted by Crippen LogP contribution is -2.24. The van der Waals surface area contributed by atoms with Crippen molar-refractivity contribution in [3.8, 4) is 0 Å². The average molecular weight is 249 g/mol. The van der Waals surface area contributed by atoms with Gasteiger partial charge in [0.2, 0.25) is 0 Å². The fourth-order valence-corrected chi connectivity index (χ4v) is 2.58. The maximum atomic E-state index is 11.8. The van der Waals surface area contributed by atoms with E-state index < -0.39 is 0 Å². The maximum absolute atomic E-state index is 11.8. The molecule has 4 heteroatoms. The van der Waals surface area contributed by atoms with Gasteiger partial charge in [-0.2, -0.15) is 0 Å². The van der Waals surface area contributed by atoms with Gasteiger partial charge in [-0.05, 0) is 23.9 Å². The van der Waals surface area contributed by atoms with Crippen LogP contribution in [0.15, 0.2) is 30.3 Å². The summed E-state index contributed by atoms with van der Waals surface area (Å²) in [5.41, 5.74) is 0. The summed E-state index contributed by atoms with van der Waals surface area (Å²) in [7, 11) is 1.66. The largest absolute Gasteiger partial charge is 0.385 e. The monoisotopic (exact) mass is 249 g/mol. The predicted octanol–water partition coefficient (Wildman–Crippen LogP) is 2.67. The van der Waals surface area contributed by atoms with Crippen LogP contribution in [-0.4, -0.2) is 26.2 Å². The van der Waals surface area contributed by atoms with Crippen LogP contribution in [0.1, 0.15) is 16.1 Å². The molecular weight excluding hydrogens is 234 g/mol.